The summed E-state index contributed by atoms with van der Waals surface area (Å²) in [6.45, 7) is -4.19. The van der Waals surface area contributed by atoms with E-state index in [1.807, 2.05) is 0 Å². The van der Waals surface area contributed by atoms with Crippen LogP contribution in [0, 0.1) is 0 Å². The fraction of sp³-hybridized carbons (Fsp3) is 0.328. The highest BCUT2D eigenvalue weighted by atomic mass is 36.0. The van der Waals surface area contributed by atoms with Gasteiger partial charge in [0.15, 0.2) is 23.7 Å². The Morgan fingerprint density at radius 3 is 1.45 bits per heavy atom. The number of anilines is 4. The second kappa shape index (κ2) is 36.1. The predicted octanol–water partition coefficient (Wildman–Crippen LogP) is 11.2. The molecule has 0 aliphatic carbocycles. The van der Waals surface area contributed by atoms with Crippen molar-refractivity contribution in [3.05, 3.63) is 173 Å². The predicted molar refractivity (Wildman–Crippen MR) is 361 cm³/mol. The standard InChI is InChI=1S/C22H22F3N5O5.C12H7Cl2F3N4O.C12H10F3N4O3.C12H9F3N4O2.C3H8O2.Cl3OP/c1-32-6-7-35-21-18-15(20(31)30(21)14-10-27-29(11-14)12-22(23,24)25)4-5-16(28-18)13-8-17(33-2)19(34-3)26-9-13;13-8-2-1-7-9(19-8)10(14)21(11(7)22)6-3-18-20(4-6)5-12(15,16)17;13-12(14,15)6-17-5-7(4-16-17)19-10(20)8-2-1-3-18(22)9(8)11(19)21;13-12(14,15)6-18-5-7(4-17-18)19-10(20)8-2-1-3-16-9(8)11(19)21;1-5-3-2-4;1-5(2,3)4/h4-5,8-11,21H,6-7,12H2,1-3H3;1-4,10H,5H2;1-5,11,21-22H,6H2;1-5,11,21H,6H2;4H,2-3H2,1H3;/q;;+1;;;. The Labute approximate surface area is 635 Å². The fourth-order valence-corrected chi connectivity index (χ4v) is 10.9. The van der Waals surface area contributed by atoms with Gasteiger partial charge in [0, 0.05) is 67.8 Å². The number of carbonyl (C=O) groups excluding carboxylic acids is 4. The van der Waals surface area contributed by atoms with E-state index in [1.165, 1.54) is 75.2 Å². The Morgan fingerprint density at radius 1 is 0.536 bits per heavy atom. The average molecular weight is 1690 g/mol. The minimum Gasteiger partial charge on any atom is -0.491 e. The maximum absolute atomic E-state index is 13.2. The van der Waals surface area contributed by atoms with Crippen LogP contribution in [0.2, 0.25) is 5.15 Å². The number of nitrogens with zero attached hydrogens (tertiary/aromatic N) is 17. The highest BCUT2D eigenvalue weighted by molar-refractivity contribution is 8.24. The van der Waals surface area contributed by atoms with Crippen molar-refractivity contribution in [2.75, 3.05) is 74.5 Å². The number of carbonyl (C=O) groups is 4. The van der Waals surface area contributed by atoms with E-state index in [9.17, 15) is 91.8 Å². The van der Waals surface area contributed by atoms with Gasteiger partial charge in [0.2, 0.25) is 12.4 Å². The first-order valence-electron chi connectivity index (χ1n) is 30.6. The van der Waals surface area contributed by atoms with E-state index in [2.05, 4.69) is 78.8 Å². The van der Waals surface area contributed by atoms with Crippen LogP contribution in [0.4, 0.5) is 75.4 Å². The quantitative estimate of drug-likeness (QED) is 0.00961. The number of amides is 4. The van der Waals surface area contributed by atoms with Crippen LogP contribution in [-0.2, 0) is 45.0 Å². The zero-order valence-electron chi connectivity index (χ0n) is 56.4. The van der Waals surface area contributed by atoms with E-state index in [0.29, 0.717) is 58.6 Å². The number of fused-ring (bicyclic) bond motifs is 4. The van der Waals surface area contributed by atoms with Gasteiger partial charge in [-0.3, -0.25) is 72.3 Å². The SMILES string of the molecule is COCCO.COCCOC1c2nc(-c3cnc(OC)c(OC)c3)ccc2C(=O)N1c1cnn(CC(F)(F)F)c1.O=C1c2ccc(Cl)nc2C(Cl)N1c1cnn(CC(F)(F)F)c1.O=C1c2ccc[n+](O)c2C(O)N1c1cnn(CC(F)(F)F)c1.O=C1c2cccnc2C(O)N1c1cnn(CC(F)(F)F)c1.O=P(Cl)(Cl)Cl. The van der Waals surface area contributed by atoms with E-state index in [0.717, 1.165) is 58.1 Å². The van der Waals surface area contributed by atoms with Crippen molar-refractivity contribution in [1.82, 2.24) is 59.1 Å². The Bertz CT molecular complexity index is 4770. The highest BCUT2D eigenvalue weighted by Gasteiger charge is 2.47. The molecule has 4 aliphatic rings. The van der Waals surface area contributed by atoms with Crippen LogP contribution in [0.5, 0.6) is 11.6 Å². The third-order valence-electron chi connectivity index (χ3n) is 14.7. The lowest BCUT2D eigenvalue weighted by molar-refractivity contribution is -0.911. The summed E-state index contributed by atoms with van der Waals surface area (Å²) in [5.41, 5.74) is 1.99. The Hall–Kier alpha value is -9.53. The molecule has 31 nitrogen and oxygen atoms in total. The third kappa shape index (κ3) is 22.2. The molecule has 0 saturated heterocycles. The van der Waals surface area contributed by atoms with Gasteiger partial charge < -0.3 is 39.0 Å². The minimum atomic E-state index is -4.46. The maximum atomic E-state index is 13.2. The van der Waals surface area contributed by atoms with Crippen molar-refractivity contribution in [3.63, 3.8) is 0 Å². The monoisotopic (exact) mass is 1680 g/mol. The van der Waals surface area contributed by atoms with E-state index in [-0.39, 0.29) is 87.1 Å². The van der Waals surface area contributed by atoms with Gasteiger partial charge in [-0.25, -0.2) is 15.0 Å². The molecule has 0 saturated carbocycles. The lowest BCUT2D eigenvalue weighted by atomic mass is 10.1. The smallest absolute Gasteiger partial charge is 0.408 e. The van der Waals surface area contributed by atoms with Crippen molar-refractivity contribution in [1.29, 1.82) is 0 Å². The molecule has 0 aromatic carbocycles. The summed E-state index contributed by atoms with van der Waals surface area (Å²) in [4.78, 5) is 70.9. The molecule has 13 rings (SSSR count). The largest absolute Gasteiger partial charge is 0.491 e. The van der Waals surface area contributed by atoms with Crippen molar-refractivity contribution >= 4 is 109 Å². The normalized spacial score (nSPS) is 16.5. The third-order valence-corrected chi connectivity index (χ3v) is 15.3. The van der Waals surface area contributed by atoms with Crippen LogP contribution in [-0.4, -0.2) is 183 Å². The first-order valence-corrected chi connectivity index (χ1v) is 35.9. The van der Waals surface area contributed by atoms with Crippen molar-refractivity contribution in [2.45, 2.75) is 75.1 Å². The highest BCUT2D eigenvalue weighted by Crippen LogP contribution is 2.61. The molecule has 49 heteroatoms. The number of aliphatic hydroxyl groups is 3. The van der Waals surface area contributed by atoms with Crippen molar-refractivity contribution in [2.24, 2.45) is 0 Å². The number of methoxy groups -OCH3 is 4. The molecule has 0 spiro atoms. The van der Waals surface area contributed by atoms with Gasteiger partial charge >= 0.3 is 29.9 Å². The number of hydrogen-bond acceptors (Lipinski definition) is 22. The molecule has 4 amide bonds. The van der Waals surface area contributed by atoms with E-state index >= 15 is 0 Å². The zero-order chi connectivity index (χ0) is 81.1. The molecule has 4 unspecified atom stereocenters. The summed E-state index contributed by atoms with van der Waals surface area (Å²) in [5.74, 6) is -1.41. The first kappa shape index (κ1) is 86.1. The average Bonchev–Trinajstić information content (AvgIpc) is 1.62. The molecule has 9 aromatic heterocycles. The second-order valence-electron chi connectivity index (χ2n) is 22.4. The molecule has 0 bridgehead atoms. The molecule has 0 fully saturated rings. The number of aromatic nitrogens is 13. The van der Waals surface area contributed by atoms with Gasteiger partial charge in [-0.15, -0.1) is 0 Å². The first-order chi connectivity index (χ1) is 51.6. The molecular weight excluding hydrogens is 1630 g/mol. The maximum Gasteiger partial charge on any atom is 0.408 e. The van der Waals surface area contributed by atoms with Crippen LogP contribution in [0.15, 0.2) is 123 Å². The molecule has 0 radical (unpaired) electrons. The van der Waals surface area contributed by atoms with Crippen LogP contribution in [0.1, 0.15) is 88.4 Å². The number of pyridine rings is 5. The van der Waals surface area contributed by atoms with E-state index in [1.54, 1.807) is 37.6 Å². The van der Waals surface area contributed by atoms with Crippen molar-refractivity contribution in [3.8, 4) is 22.9 Å². The van der Waals surface area contributed by atoms with Gasteiger partial charge in [-0.2, -0.15) is 73.1 Å². The lowest BCUT2D eigenvalue weighted by Crippen LogP contribution is -2.37. The van der Waals surface area contributed by atoms with Gasteiger partial charge in [0.25, 0.3) is 35.2 Å². The summed E-state index contributed by atoms with van der Waals surface area (Å²) in [5, 5.41) is 49.2. The molecule has 592 valence electrons. The number of halogens is 17. The molecule has 13 heterocycles. The molecule has 4 aliphatic heterocycles. The van der Waals surface area contributed by atoms with E-state index in [4.69, 9.17) is 47.3 Å². The summed E-state index contributed by atoms with van der Waals surface area (Å²) < 4.78 is 188. The minimum absolute atomic E-state index is 0.00190. The topological polar surface area (TPSA) is 352 Å². The molecule has 4 atom stereocenters. The number of aliphatic hydroxyl groups excluding tert-OH is 3. The lowest BCUT2D eigenvalue weighted by Gasteiger charge is -2.23. The summed E-state index contributed by atoms with van der Waals surface area (Å²) >= 11 is 25.8. The molecular formula is C61H56Cl5F12N17O14P+. The molecule has 110 heavy (non-hydrogen) atoms. The number of hydrogen-bond donors (Lipinski definition) is 4. The van der Waals surface area contributed by atoms with Crippen LogP contribution < -0.4 is 33.8 Å². The van der Waals surface area contributed by atoms with Crippen LogP contribution in [0.3, 0.4) is 0 Å². The summed E-state index contributed by atoms with van der Waals surface area (Å²) in [6.07, 6.45) is -8.61. The van der Waals surface area contributed by atoms with Gasteiger partial charge in [-0.05, 0) is 82.3 Å². The Kier molecular flexibility index (Phi) is 28.2. The number of ether oxygens (including phenoxy) is 5. The van der Waals surface area contributed by atoms with E-state index < -0.39 is 104 Å². The fourth-order valence-electron chi connectivity index (χ4n) is 10.4. The molecule has 4 N–H and O–H groups in total. The Balaban J connectivity index is 0.000000180. The number of rotatable bonds is 17. The molecule has 9 aromatic rings. The van der Waals surface area contributed by atoms with Crippen molar-refractivity contribution < 1.29 is 125 Å². The van der Waals surface area contributed by atoms with Crippen LogP contribution in [0.25, 0.3) is 11.3 Å². The second-order valence-corrected chi connectivity index (χ2v) is 29.8. The van der Waals surface area contributed by atoms with Gasteiger partial charge in [0.1, 0.15) is 48.3 Å². The summed E-state index contributed by atoms with van der Waals surface area (Å²) in [6, 6.07) is 13.7. The summed E-state index contributed by atoms with van der Waals surface area (Å²) in [7, 11) is 6.00. The van der Waals surface area contributed by atoms with Crippen LogP contribution >= 0.6 is 62.1 Å². The zero-order valence-corrected chi connectivity index (χ0v) is 61.0. The number of alkyl halides is 13. The van der Waals surface area contributed by atoms with Gasteiger partial charge in [-0.1, -0.05) is 23.2 Å². The Morgan fingerprint density at radius 2 is 0.982 bits per heavy atom. The van der Waals surface area contributed by atoms with Gasteiger partial charge in [0.05, 0.1) is 116 Å².